The molecule has 3 aromatic rings. The number of amides is 3. The number of ketones is 1. The summed E-state index contributed by atoms with van der Waals surface area (Å²) in [7, 11) is 0. The van der Waals surface area contributed by atoms with Crippen LogP contribution in [0.5, 0.6) is 0 Å². The first-order chi connectivity index (χ1) is 14.9. The lowest BCUT2D eigenvalue weighted by Crippen LogP contribution is -2.42. The van der Waals surface area contributed by atoms with Gasteiger partial charge in [-0.1, -0.05) is 48.5 Å². The van der Waals surface area contributed by atoms with E-state index in [0.717, 1.165) is 26.8 Å². The third-order valence-corrected chi connectivity index (χ3v) is 6.02. The number of hydrogen-bond acceptors (Lipinski definition) is 6. The smallest absolute Gasteiger partial charge is 0.318 e. The van der Waals surface area contributed by atoms with Crippen LogP contribution in [-0.2, 0) is 14.3 Å². The molecule has 0 aliphatic heterocycles. The highest BCUT2D eigenvalue weighted by Gasteiger charge is 2.26. The van der Waals surface area contributed by atoms with E-state index in [1.165, 1.54) is 18.7 Å². The molecular formula is C23H18N2O5S. The van der Waals surface area contributed by atoms with E-state index in [-0.39, 0.29) is 11.5 Å². The van der Waals surface area contributed by atoms with Gasteiger partial charge in [0.1, 0.15) is 0 Å². The van der Waals surface area contributed by atoms with Crippen molar-refractivity contribution < 1.29 is 23.9 Å². The molecule has 0 heterocycles. The van der Waals surface area contributed by atoms with Crippen molar-refractivity contribution >= 4 is 46.2 Å². The van der Waals surface area contributed by atoms with Crippen LogP contribution in [0, 0.1) is 0 Å². The number of nitrogens with two attached hydrogens (primary N) is 1. The maximum atomic E-state index is 13.0. The first-order valence-corrected chi connectivity index (χ1v) is 10.5. The molecule has 156 valence electrons. The number of ether oxygens (including phenoxy) is 1. The largest absolute Gasteiger partial charge is 0.452 e. The summed E-state index contributed by atoms with van der Waals surface area (Å²) in [6.45, 7) is 1.35. The number of rotatable bonds is 5. The Hall–Kier alpha value is -3.65. The second-order valence-electron chi connectivity index (χ2n) is 6.99. The molecule has 0 aromatic heterocycles. The van der Waals surface area contributed by atoms with Gasteiger partial charge < -0.3 is 10.5 Å². The molecular weight excluding hydrogens is 416 g/mol. The molecule has 0 spiro atoms. The fraction of sp³-hybridized carbons (Fsp3) is 0.130. The van der Waals surface area contributed by atoms with Crippen LogP contribution in [0.2, 0.25) is 0 Å². The molecule has 0 fully saturated rings. The Morgan fingerprint density at radius 1 is 0.968 bits per heavy atom. The minimum atomic E-state index is -1.15. The number of thioether (sulfide) groups is 1. The highest BCUT2D eigenvalue weighted by molar-refractivity contribution is 8.00. The van der Waals surface area contributed by atoms with Gasteiger partial charge in [0.15, 0.2) is 11.9 Å². The van der Waals surface area contributed by atoms with Gasteiger partial charge in [-0.2, -0.15) is 0 Å². The van der Waals surface area contributed by atoms with Crippen LogP contribution in [0.15, 0.2) is 59.5 Å². The van der Waals surface area contributed by atoms with Crippen LogP contribution in [0.3, 0.4) is 0 Å². The molecule has 0 saturated heterocycles. The van der Waals surface area contributed by atoms with Gasteiger partial charge in [-0.15, -0.1) is 11.8 Å². The highest BCUT2D eigenvalue weighted by atomic mass is 32.2. The molecule has 4 rings (SSSR count). The van der Waals surface area contributed by atoms with Crippen molar-refractivity contribution in [3.8, 4) is 11.1 Å². The lowest BCUT2D eigenvalue weighted by atomic mass is 9.83. The van der Waals surface area contributed by atoms with Crippen molar-refractivity contribution in [2.24, 2.45) is 5.73 Å². The molecule has 1 aliphatic rings. The number of carbonyl (C=O) groups excluding carboxylic acids is 4. The second kappa shape index (κ2) is 8.23. The third kappa shape index (κ3) is 3.89. The van der Waals surface area contributed by atoms with E-state index in [9.17, 15) is 19.2 Å². The maximum Gasteiger partial charge on any atom is 0.318 e. The van der Waals surface area contributed by atoms with Crippen LogP contribution in [-0.4, -0.2) is 35.5 Å². The van der Waals surface area contributed by atoms with Crippen molar-refractivity contribution in [3.05, 3.63) is 65.7 Å². The van der Waals surface area contributed by atoms with Gasteiger partial charge in [-0.3, -0.25) is 19.7 Å². The number of benzene rings is 3. The Balaban J connectivity index is 1.58. The van der Waals surface area contributed by atoms with Crippen molar-refractivity contribution in [3.63, 3.8) is 0 Å². The van der Waals surface area contributed by atoms with E-state index >= 15 is 0 Å². The molecule has 3 aromatic carbocycles. The summed E-state index contributed by atoms with van der Waals surface area (Å²) in [6, 6.07) is 15.9. The molecule has 1 atom stereocenters. The monoisotopic (exact) mass is 434 g/mol. The summed E-state index contributed by atoms with van der Waals surface area (Å²) in [5, 5.41) is 3.60. The average molecular weight is 434 g/mol. The minimum Gasteiger partial charge on any atom is -0.452 e. The molecule has 0 radical (unpaired) electrons. The number of esters is 1. The lowest BCUT2D eigenvalue weighted by molar-refractivity contribution is -0.151. The zero-order chi connectivity index (χ0) is 22.1. The summed E-state index contributed by atoms with van der Waals surface area (Å²) in [5.74, 6) is -1.47. The molecule has 3 amide bonds. The topological polar surface area (TPSA) is 116 Å². The van der Waals surface area contributed by atoms with Gasteiger partial charge in [0.05, 0.1) is 5.75 Å². The highest BCUT2D eigenvalue weighted by Crippen LogP contribution is 2.42. The van der Waals surface area contributed by atoms with Gasteiger partial charge in [0.2, 0.25) is 0 Å². The number of carbonyl (C=O) groups is 4. The minimum absolute atomic E-state index is 0.0236. The molecule has 0 saturated carbocycles. The zero-order valence-corrected chi connectivity index (χ0v) is 17.3. The standard InChI is InChI=1S/C23H18N2O5S/c1-12(22(28)25-23(24)29)30-19(26)11-31-18-10-9-14-13-5-2-3-6-15(13)21(27)17-8-4-7-16(18)20(14)17/h2-10,12H,11H2,1H3,(H3,24,25,28,29)/t12-/m1/s1. The predicted molar refractivity (Wildman–Crippen MR) is 117 cm³/mol. The summed E-state index contributed by atoms with van der Waals surface area (Å²) < 4.78 is 5.06. The van der Waals surface area contributed by atoms with E-state index in [2.05, 4.69) is 0 Å². The fourth-order valence-electron chi connectivity index (χ4n) is 3.62. The Morgan fingerprint density at radius 3 is 2.42 bits per heavy atom. The Kier molecular flexibility index (Phi) is 5.48. The van der Waals surface area contributed by atoms with Crippen molar-refractivity contribution in [1.29, 1.82) is 0 Å². The Morgan fingerprint density at radius 2 is 1.68 bits per heavy atom. The first-order valence-electron chi connectivity index (χ1n) is 9.49. The molecule has 0 bridgehead atoms. The Labute approximate surface area is 181 Å². The number of urea groups is 1. The fourth-order valence-corrected chi connectivity index (χ4v) is 4.46. The number of imide groups is 1. The van der Waals surface area contributed by atoms with Crippen LogP contribution in [0.4, 0.5) is 4.79 Å². The van der Waals surface area contributed by atoms with Gasteiger partial charge in [-0.25, -0.2) is 4.79 Å². The van der Waals surface area contributed by atoms with Gasteiger partial charge in [-0.05, 0) is 29.5 Å². The van der Waals surface area contributed by atoms with Crippen molar-refractivity contribution in [1.82, 2.24) is 5.32 Å². The van der Waals surface area contributed by atoms with E-state index in [1.807, 2.05) is 59.9 Å². The third-order valence-electron chi connectivity index (χ3n) is 4.98. The normalized spacial score (nSPS) is 12.7. The predicted octanol–water partition coefficient (Wildman–Crippen LogP) is 3.27. The molecule has 0 unspecified atom stereocenters. The second-order valence-corrected chi connectivity index (χ2v) is 8.01. The van der Waals surface area contributed by atoms with E-state index in [4.69, 9.17) is 10.5 Å². The van der Waals surface area contributed by atoms with Crippen LogP contribution >= 0.6 is 11.8 Å². The molecule has 31 heavy (non-hydrogen) atoms. The van der Waals surface area contributed by atoms with Gasteiger partial charge >= 0.3 is 12.0 Å². The molecule has 1 aliphatic carbocycles. The molecule has 8 heteroatoms. The number of nitrogens with one attached hydrogen (secondary N) is 1. The van der Waals surface area contributed by atoms with E-state index in [0.29, 0.717) is 11.1 Å². The summed E-state index contributed by atoms with van der Waals surface area (Å²) >= 11 is 1.25. The number of fused-ring (bicyclic) bond motifs is 2. The SMILES string of the molecule is C[C@@H](OC(=O)CSc1ccc2c3c(cccc13)C(=O)c1ccccc1-2)C(=O)NC(N)=O. The lowest BCUT2D eigenvalue weighted by Gasteiger charge is -2.21. The van der Waals surface area contributed by atoms with Crippen molar-refractivity contribution in [2.45, 2.75) is 17.9 Å². The van der Waals surface area contributed by atoms with E-state index < -0.39 is 24.0 Å². The van der Waals surface area contributed by atoms with Crippen LogP contribution in [0.25, 0.3) is 21.9 Å². The number of hydrogen-bond donors (Lipinski definition) is 2. The quantitative estimate of drug-likeness (QED) is 0.368. The van der Waals surface area contributed by atoms with Crippen LogP contribution < -0.4 is 11.1 Å². The number of primary amides is 1. The van der Waals surface area contributed by atoms with E-state index in [1.54, 1.807) is 0 Å². The van der Waals surface area contributed by atoms with Gasteiger partial charge in [0, 0.05) is 21.4 Å². The summed E-state index contributed by atoms with van der Waals surface area (Å²) in [6.07, 6.45) is -1.15. The molecule has 7 nitrogen and oxygen atoms in total. The van der Waals surface area contributed by atoms with Crippen LogP contribution in [0.1, 0.15) is 22.8 Å². The van der Waals surface area contributed by atoms with Crippen molar-refractivity contribution in [2.75, 3.05) is 5.75 Å². The first kappa shape index (κ1) is 20.6. The zero-order valence-electron chi connectivity index (χ0n) is 16.5. The molecule has 3 N–H and O–H groups in total. The average Bonchev–Trinajstić information content (AvgIpc) is 2.75. The maximum absolute atomic E-state index is 13.0. The van der Waals surface area contributed by atoms with Gasteiger partial charge in [0.25, 0.3) is 5.91 Å². The summed E-state index contributed by atoms with van der Waals surface area (Å²) in [4.78, 5) is 48.4. The summed E-state index contributed by atoms with van der Waals surface area (Å²) in [5.41, 5.74) is 8.06. The Bertz CT molecular complexity index is 1250.